The highest BCUT2D eigenvalue weighted by Crippen LogP contribution is 2.34. The van der Waals surface area contributed by atoms with Crippen LogP contribution >= 0.6 is 46.2 Å². The highest BCUT2D eigenvalue weighted by molar-refractivity contribution is 8.00. The molecular weight excluding hydrogens is 443 g/mol. The molecule has 1 aromatic carbocycles. The number of amides is 1. The molecule has 6 nitrogen and oxygen atoms in total. The van der Waals surface area contributed by atoms with E-state index in [1.807, 2.05) is 18.2 Å². The Morgan fingerprint density at radius 1 is 1.07 bits per heavy atom. The molecule has 0 unspecified atom stereocenters. The van der Waals surface area contributed by atoms with Gasteiger partial charge in [-0.15, -0.1) is 21.5 Å². The smallest absolute Gasteiger partial charge is 0.236 e. The lowest BCUT2D eigenvalue weighted by Gasteiger charge is -2.03. The number of hydrogen-bond donors (Lipinski definition) is 1. The third-order valence-electron chi connectivity index (χ3n) is 4.13. The number of aryl methyl sites for hydroxylation is 2. The number of hydrogen-bond acceptors (Lipinski definition) is 9. The predicted octanol–water partition coefficient (Wildman–Crippen LogP) is 5.18. The third-order valence-corrected chi connectivity index (χ3v) is 8.28. The zero-order valence-corrected chi connectivity index (χ0v) is 19.0. The van der Waals surface area contributed by atoms with Crippen molar-refractivity contribution in [1.29, 1.82) is 0 Å². The summed E-state index contributed by atoms with van der Waals surface area (Å²) in [5.74, 6) is 0.955. The summed E-state index contributed by atoms with van der Waals surface area (Å²) in [5, 5.41) is 13.4. The van der Waals surface area contributed by atoms with Gasteiger partial charge in [0.05, 0.1) is 5.75 Å². The molecule has 1 amide bonds. The van der Waals surface area contributed by atoms with Crippen LogP contribution in [-0.4, -0.2) is 31.8 Å². The zero-order valence-electron chi connectivity index (χ0n) is 15.7. The summed E-state index contributed by atoms with van der Waals surface area (Å²) in [6.07, 6.45) is 1.55. The minimum atomic E-state index is -0.123. The first-order valence-electron chi connectivity index (χ1n) is 8.73. The highest BCUT2D eigenvalue weighted by Gasteiger charge is 2.15. The van der Waals surface area contributed by atoms with Gasteiger partial charge in [-0.2, -0.15) is 0 Å². The Morgan fingerprint density at radius 2 is 1.90 bits per heavy atom. The minimum absolute atomic E-state index is 0.123. The molecule has 10 heteroatoms. The van der Waals surface area contributed by atoms with E-state index in [4.69, 9.17) is 0 Å². The van der Waals surface area contributed by atoms with Gasteiger partial charge < -0.3 is 0 Å². The molecule has 0 aliphatic heterocycles. The van der Waals surface area contributed by atoms with Crippen LogP contribution in [-0.2, 0) is 10.5 Å². The summed E-state index contributed by atoms with van der Waals surface area (Å²) in [4.78, 5) is 23.2. The van der Waals surface area contributed by atoms with E-state index in [1.165, 1.54) is 39.1 Å². The maximum atomic E-state index is 12.4. The van der Waals surface area contributed by atoms with Crippen molar-refractivity contribution in [3.63, 3.8) is 0 Å². The maximum absolute atomic E-state index is 12.4. The lowest BCUT2D eigenvalue weighted by molar-refractivity contribution is -0.113. The van der Waals surface area contributed by atoms with Crippen molar-refractivity contribution in [2.75, 3.05) is 11.1 Å². The van der Waals surface area contributed by atoms with Crippen molar-refractivity contribution in [3.05, 3.63) is 52.7 Å². The molecule has 0 saturated heterocycles. The second-order valence-electron chi connectivity index (χ2n) is 6.13. The van der Waals surface area contributed by atoms with Crippen LogP contribution in [0.1, 0.15) is 16.0 Å². The van der Waals surface area contributed by atoms with Crippen LogP contribution < -0.4 is 5.32 Å². The lowest BCUT2D eigenvalue weighted by atomic mass is 10.2. The molecule has 1 N–H and O–H groups in total. The van der Waals surface area contributed by atoms with Gasteiger partial charge in [0.1, 0.15) is 16.2 Å². The standard InChI is InChI=1S/C19H17N5OS4/c1-11-12(2)28-17-15(11)16(20-10-21-17)26-9-14(25)22-18-23-24-19(29-18)27-8-13-6-4-3-5-7-13/h3-7,10H,8-9H2,1-2H3,(H,22,23,25). The second-order valence-corrected chi connectivity index (χ2v) is 10.5. The monoisotopic (exact) mass is 459 g/mol. The number of benzene rings is 1. The van der Waals surface area contributed by atoms with Gasteiger partial charge in [-0.3, -0.25) is 10.1 Å². The van der Waals surface area contributed by atoms with E-state index in [0.29, 0.717) is 5.13 Å². The third kappa shape index (κ3) is 4.95. The van der Waals surface area contributed by atoms with Crippen LogP contribution in [0.5, 0.6) is 0 Å². The predicted molar refractivity (Wildman–Crippen MR) is 122 cm³/mol. The molecule has 0 bridgehead atoms. The van der Waals surface area contributed by atoms with Gasteiger partial charge >= 0.3 is 0 Å². The first-order chi connectivity index (χ1) is 14.1. The number of carbonyl (C=O) groups is 1. The molecule has 29 heavy (non-hydrogen) atoms. The quantitative estimate of drug-likeness (QED) is 0.232. The summed E-state index contributed by atoms with van der Waals surface area (Å²) in [6.45, 7) is 4.14. The summed E-state index contributed by atoms with van der Waals surface area (Å²) >= 11 is 6.06. The Balaban J connectivity index is 1.33. The molecule has 148 valence electrons. The fraction of sp³-hybridized carbons (Fsp3) is 0.211. The van der Waals surface area contributed by atoms with E-state index >= 15 is 0 Å². The first-order valence-corrected chi connectivity index (χ1v) is 12.3. The molecule has 4 rings (SSSR count). The average Bonchev–Trinajstić information content (AvgIpc) is 3.30. The van der Waals surface area contributed by atoms with E-state index in [2.05, 4.69) is 51.5 Å². The number of rotatable bonds is 7. The number of thiophene rings is 1. The Bertz CT molecular complexity index is 1140. The number of carbonyl (C=O) groups excluding carboxylic acids is 1. The molecule has 0 radical (unpaired) electrons. The summed E-state index contributed by atoms with van der Waals surface area (Å²) in [6, 6.07) is 10.2. The lowest BCUT2D eigenvalue weighted by Crippen LogP contribution is -2.14. The molecule has 0 saturated carbocycles. The van der Waals surface area contributed by atoms with Gasteiger partial charge in [0, 0.05) is 16.0 Å². The minimum Gasteiger partial charge on any atom is -0.300 e. The second kappa shape index (κ2) is 9.21. The van der Waals surface area contributed by atoms with Crippen molar-refractivity contribution in [3.8, 4) is 0 Å². The molecule has 0 aliphatic rings. The number of aromatic nitrogens is 4. The van der Waals surface area contributed by atoms with Gasteiger partial charge in [0.15, 0.2) is 4.34 Å². The average molecular weight is 460 g/mol. The van der Waals surface area contributed by atoms with Crippen molar-refractivity contribution < 1.29 is 4.79 Å². The number of fused-ring (bicyclic) bond motifs is 1. The normalized spacial score (nSPS) is 11.1. The van der Waals surface area contributed by atoms with E-state index < -0.39 is 0 Å². The van der Waals surface area contributed by atoms with Crippen LogP contribution in [0.15, 0.2) is 46.0 Å². The molecule has 0 atom stereocenters. The van der Waals surface area contributed by atoms with Gasteiger partial charge in [-0.1, -0.05) is 65.2 Å². The number of anilines is 1. The summed E-state index contributed by atoms with van der Waals surface area (Å²) < 4.78 is 0.832. The fourth-order valence-electron chi connectivity index (χ4n) is 2.59. The maximum Gasteiger partial charge on any atom is 0.236 e. The molecule has 4 aromatic rings. The zero-order chi connectivity index (χ0) is 20.2. The van der Waals surface area contributed by atoms with Crippen LogP contribution in [0.4, 0.5) is 5.13 Å². The van der Waals surface area contributed by atoms with E-state index in [-0.39, 0.29) is 11.7 Å². The van der Waals surface area contributed by atoms with Crippen LogP contribution in [0.25, 0.3) is 10.2 Å². The van der Waals surface area contributed by atoms with Crippen molar-refractivity contribution in [1.82, 2.24) is 20.2 Å². The molecule has 0 fully saturated rings. The van der Waals surface area contributed by atoms with Crippen molar-refractivity contribution in [2.24, 2.45) is 0 Å². The van der Waals surface area contributed by atoms with Crippen molar-refractivity contribution in [2.45, 2.75) is 29.0 Å². The Morgan fingerprint density at radius 3 is 2.72 bits per heavy atom. The van der Waals surface area contributed by atoms with Crippen molar-refractivity contribution >= 4 is 67.5 Å². The SMILES string of the molecule is Cc1sc2ncnc(SCC(=O)Nc3nnc(SCc4ccccc4)s3)c2c1C. The van der Waals surface area contributed by atoms with E-state index in [0.717, 1.165) is 25.3 Å². The molecule has 0 spiro atoms. The topological polar surface area (TPSA) is 80.7 Å². The summed E-state index contributed by atoms with van der Waals surface area (Å²) in [7, 11) is 0. The van der Waals surface area contributed by atoms with Gasteiger partial charge in [-0.05, 0) is 25.0 Å². The number of thioether (sulfide) groups is 2. The van der Waals surface area contributed by atoms with Crippen LogP contribution in [0.2, 0.25) is 0 Å². The Labute approximate surface area is 184 Å². The highest BCUT2D eigenvalue weighted by atomic mass is 32.2. The van der Waals surface area contributed by atoms with E-state index in [1.54, 1.807) is 29.4 Å². The number of nitrogens with zero attached hydrogens (tertiary/aromatic N) is 4. The molecule has 3 aromatic heterocycles. The summed E-state index contributed by atoms with van der Waals surface area (Å²) in [5.41, 5.74) is 2.41. The van der Waals surface area contributed by atoms with Gasteiger partial charge in [0.2, 0.25) is 11.0 Å². The van der Waals surface area contributed by atoms with Gasteiger partial charge in [-0.25, -0.2) is 9.97 Å². The Hall–Kier alpha value is -2.01. The van der Waals surface area contributed by atoms with Gasteiger partial charge in [0.25, 0.3) is 0 Å². The molecule has 3 heterocycles. The van der Waals surface area contributed by atoms with E-state index in [9.17, 15) is 4.79 Å². The Kier molecular flexibility index (Phi) is 6.43. The first kappa shape index (κ1) is 20.3. The molecular formula is C19H17N5OS4. The largest absolute Gasteiger partial charge is 0.300 e. The van der Waals surface area contributed by atoms with Crippen LogP contribution in [0, 0.1) is 13.8 Å². The fourth-order valence-corrected chi connectivity index (χ4v) is 6.23. The van der Waals surface area contributed by atoms with Crippen LogP contribution in [0.3, 0.4) is 0 Å². The number of nitrogens with one attached hydrogen (secondary N) is 1. The molecule has 0 aliphatic carbocycles.